The van der Waals surface area contributed by atoms with Gasteiger partial charge in [0.15, 0.2) is 0 Å². The molecule has 0 bridgehead atoms. The number of aliphatic hydroxyl groups is 1. The molecule has 1 aromatic carbocycles. The number of nitrogens with one attached hydrogen (secondary N) is 1. The Morgan fingerprint density at radius 1 is 1.39 bits per heavy atom. The van der Waals surface area contributed by atoms with Gasteiger partial charge >= 0.3 is 0 Å². The van der Waals surface area contributed by atoms with Crippen LogP contribution in [0.4, 0.5) is 5.69 Å². The molecule has 0 saturated carbocycles. The molecule has 4 heteroatoms. The van der Waals surface area contributed by atoms with Crippen LogP contribution in [-0.4, -0.2) is 30.8 Å². The molecule has 0 radical (unpaired) electrons. The highest BCUT2D eigenvalue weighted by molar-refractivity contribution is 9.10. The van der Waals surface area contributed by atoms with E-state index in [1.165, 1.54) is 11.3 Å². The molecule has 1 aromatic rings. The standard InChI is InChI=1S/C14H21BrN2O/c1-2-16-10-11-9-12(15)3-4-14(11)17-7-5-13(18)6-8-17/h3-4,9,13,16,18H,2,5-8,10H2,1H3. The van der Waals surface area contributed by atoms with Crippen molar-refractivity contribution in [2.75, 3.05) is 24.5 Å². The van der Waals surface area contributed by atoms with Gasteiger partial charge in [0.2, 0.25) is 0 Å². The fourth-order valence-corrected chi connectivity index (χ4v) is 2.78. The first-order valence-electron chi connectivity index (χ1n) is 6.63. The average molecular weight is 313 g/mol. The molecule has 3 nitrogen and oxygen atoms in total. The zero-order valence-electron chi connectivity index (χ0n) is 10.8. The second kappa shape index (κ2) is 6.55. The van der Waals surface area contributed by atoms with Crippen molar-refractivity contribution < 1.29 is 5.11 Å². The predicted octanol–water partition coefficient (Wildman–Crippen LogP) is 2.52. The third kappa shape index (κ3) is 3.46. The maximum absolute atomic E-state index is 9.58. The van der Waals surface area contributed by atoms with Gasteiger partial charge in [-0.2, -0.15) is 0 Å². The maximum Gasteiger partial charge on any atom is 0.0574 e. The van der Waals surface area contributed by atoms with Gasteiger partial charge in [-0.15, -0.1) is 0 Å². The molecule has 100 valence electrons. The fraction of sp³-hybridized carbons (Fsp3) is 0.571. The minimum atomic E-state index is -0.117. The summed E-state index contributed by atoms with van der Waals surface area (Å²) >= 11 is 3.54. The maximum atomic E-state index is 9.58. The van der Waals surface area contributed by atoms with E-state index in [2.05, 4.69) is 51.3 Å². The Balaban J connectivity index is 2.15. The number of piperidine rings is 1. The summed E-state index contributed by atoms with van der Waals surface area (Å²) in [6.07, 6.45) is 1.63. The summed E-state index contributed by atoms with van der Waals surface area (Å²) < 4.78 is 1.12. The first kappa shape index (κ1) is 13.8. The number of hydrogen-bond donors (Lipinski definition) is 2. The number of halogens is 1. The van der Waals surface area contributed by atoms with E-state index in [0.717, 1.165) is 43.5 Å². The van der Waals surface area contributed by atoms with E-state index in [-0.39, 0.29) is 6.10 Å². The molecule has 1 fully saturated rings. The smallest absolute Gasteiger partial charge is 0.0574 e. The van der Waals surface area contributed by atoms with Crippen LogP contribution in [0.2, 0.25) is 0 Å². The van der Waals surface area contributed by atoms with E-state index >= 15 is 0 Å². The van der Waals surface area contributed by atoms with E-state index in [1.54, 1.807) is 0 Å². The van der Waals surface area contributed by atoms with E-state index < -0.39 is 0 Å². The number of benzene rings is 1. The highest BCUT2D eigenvalue weighted by atomic mass is 79.9. The molecule has 0 aromatic heterocycles. The molecule has 1 aliphatic rings. The minimum Gasteiger partial charge on any atom is -0.393 e. The fourth-order valence-electron chi connectivity index (χ4n) is 2.37. The molecule has 0 aliphatic carbocycles. The lowest BCUT2D eigenvalue weighted by Crippen LogP contribution is -2.36. The Kier molecular flexibility index (Phi) is 5.03. The predicted molar refractivity (Wildman–Crippen MR) is 79.0 cm³/mol. The van der Waals surface area contributed by atoms with Crippen molar-refractivity contribution in [3.05, 3.63) is 28.2 Å². The molecular weight excluding hydrogens is 292 g/mol. The van der Waals surface area contributed by atoms with Gasteiger partial charge in [0.1, 0.15) is 0 Å². The van der Waals surface area contributed by atoms with Crippen LogP contribution in [0, 0.1) is 0 Å². The van der Waals surface area contributed by atoms with Gasteiger partial charge in [-0.3, -0.25) is 0 Å². The Hall–Kier alpha value is -0.580. The van der Waals surface area contributed by atoms with Crippen molar-refractivity contribution >= 4 is 21.6 Å². The molecule has 0 spiro atoms. The lowest BCUT2D eigenvalue weighted by Gasteiger charge is -2.33. The van der Waals surface area contributed by atoms with Crippen LogP contribution in [0.3, 0.4) is 0 Å². The highest BCUT2D eigenvalue weighted by Gasteiger charge is 2.19. The van der Waals surface area contributed by atoms with Gasteiger partial charge in [0.05, 0.1) is 6.10 Å². The SMILES string of the molecule is CCNCc1cc(Br)ccc1N1CCC(O)CC1. The first-order valence-corrected chi connectivity index (χ1v) is 7.42. The number of anilines is 1. The molecule has 0 unspecified atom stereocenters. The zero-order chi connectivity index (χ0) is 13.0. The van der Waals surface area contributed by atoms with E-state index in [0.29, 0.717) is 0 Å². The third-order valence-electron chi connectivity index (χ3n) is 3.41. The Labute approximate surface area is 117 Å². The third-order valence-corrected chi connectivity index (χ3v) is 3.91. The molecule has 1 saturated heterocycles. The van der Waals surface area contributed by atoms with E-state index in [9.17, 15) is 5.11 Å². The highest BCUT2D eigenvalue weighted by Crippen LogP contribution is 2.27. The van der Waals surface area contributed by atoms with Crippen molar-refractivity contribution in [1.82, 2.24) is 5.32 Å². The van der Waals surface area contributed by atoms with Crippen LogP contribution < -0.4 is 10.2 Å². The average Bonchev–Trinajstić information content (AvgIpc) is 2.38. The number of nitrogens with zero attached hydrogens (tertiary/aromatic N) is 1. The Morgan fingerprint density at radius 2 is 2.11 bits per heavy atom. The van der Waals surface area contributed by atoms with Crippen LogP contribution in [0.1, 0.15) is 25.3 Å². The summed E-state index contributed by atoms with van der Waals surface area (Å²) in [6, 6.07) is 6.45. The van der Waals surface area contributed by atoms with Crippen LogP contribution in [-0.2, 0) is 6.54 Å². The van der Waals surface area contributed by atoms with Gasteiger partial charge < -0.3 is 15.3 Å². The van der Waals surface area contributed by atoms with Crippen molar-refractivity contribution in [3.63, 3.8) is 0 Å². The zero-order valence-corrected chi connectivity index (χ0v) is 12.4. The van der Waals surface area contributed by atoms with Crippen molar-refractivity contribution in [3.8, 4) is 0 Å². The molecule has 2 rings (SSSR count). The summed E-state index contributed by atoms with van der Waals surface area (Å²) in [5.74, 6) is 0. The molecule has 1 aliphatic heterocycles. The molecule has 2 N–H and O–H groups in total. The number of aliphatic hydroxyl groups excluding tert-OH is 1. The van der Waals surface area contributed by atoms with Gasteiger partial charge in [0, 0.05) is 29.8 Å². The molecular formula is C14H21BrN2O. The lowest BCUT2D eigenvalue weighted by atomic mass is 10.1. The van der Waals surface area contributed by atoms with Crippen LogP contribution in [0.25, 0.3) is 0 Å². The summed E-state index contributed by atoms with van der Waals surface area (Å²) in [6.45, 7) is 5.88. The van der Waals surface area contributed by atoms with Crippen LogP contribution in [0.5, 0.6) is 0 Å². The van der Waals surface area contributed by atoms with Crippen LogP contribution >= 0.6 is 15.9 Å². The number of hydrogen-bond acceptors (Lipinski definition) is 3. The minimum absolute atomic E-state index is 0.117. The molecule has 18 heavy (non-hydrogen) atoms. The normalized spacial score (nSPS) is 17.2. The topological polar surface area (TPSA) is 35.5 Å². The van der Waals surface area contributed by atoms with Crippen molar-refractivity contribution in [2.24, 2.45) is 0 Å². The summed E-state index contributed by atoms with van der Waals surface area (Å²) in [5.41, 5.74) is 2.62. The van der Waals surface area contributed by atoms with E-state index in [4.69, 9.17) is 0 Å². The van der Waals surface area contributed by atoms with E-state index in [1.807, 2.05) is 0 Å². The lowest BCUT2D eigenvalue weighted by molar-refractivity contribution is 0.145. The first-order chi connectivity index (χ1) is 8.70. The molecule has 1 heterocycles. The van der Waals surface area contributed by atoms with Crippen molar-refractivity contribution in [1.29, 1.82) is 0 Å². The Bertz CT molecular complexity index is 389. The summed E-state index contributed by atoms with van der Waals surface area (Å²) in [7, 11) is 0. The van der Waals surface area contributed by atoms with Crippen molar-refractivity contribution in [2.45, 2.75) is 32.4 Å². The largest absolute Gasteiger partial charge is 0.393 e. The monoisotopic (exact) mass is 312 g/mol. The summed E-state index contributed by atoms with van der Waals surface area (Å²) in [5, 5.41) is 13.0. The second-order valence-electron chi connectivity index (χ2n) is 4.77. The van der Waals surface area contributed by atoms with Gasteiger partial charge in [-0.05, 0) is 43.1 Å². The van der Waals surface area contributed by atoms with Crippen LogP contribution in [0.15, 0.2) is 22.7 Å². The van der Waals surface area contributed by atoms with Gasteiger partial charge in [-0.25, -0.2) is 0 Å². The van der Waals surface area contributed by atoms with Gasteiger partial charge in [0.25, 0.3) is 0 Å². The second-order valence-corrected chi connectivity index (χ2v) is 5.69. The molecule has 0 atom stereocenters. The Morgan fingerprint density at radius 3 is 2.78 bits per heavy atom. The number of rotatable bonds is 4. The summed E-state index contributed by atoms with van der Waals surface area (Å²) in [4.78, 5) is 2.38. The van der Waals surface area contributed by atoms with Gasteiger partial charge in [-0.1, -0.05) is 22.9 Å². The quantitative estimate of drug-likeness (QED) is 0.897. The molecule has 0 amide bonds.